The summed E-state index contributed by atoms with van der Waals surface area (Å²) in [5.41, 5.74) is 1.17. The Morgan fingerprint density at radius 2 is 2.00 bits per heavy atom. The van der Waals surface area contributed by atoms with Crippen LogP contribution in [0.1, 0.15) is 51.8 Å². The van der Waals surface area contributed by atoms with E-state index >= 15 is 0 Å². The minimum atomic E-state index is 0. The molecule has 0 saturated carbocycles. The third kappa shape index (κ3) is 4.00. The molecule has 0 fully saturated rings. The number of nitrogens with zero attached hydrogens (tertiary/aromatic N) is 4. The molecule has 112 valence electrons. The van der Waals surface area contributed by atoms with Gasteiger partial charge in [0.15, 0.2) is 0 Å². The maximum absolute atomic E-state index is 4.52. The number of anilines is 1. The first-order valence-corrected chi connectivity index (χ1v) is 6.92. The molecule has 0 spiro atoms. The smallest absolute Gasteiger partial charge is 0.148 e. The molecular formula is C14H24ClN5. The van der Waals surface area contributed by atoms with Crippen LogP contribution in [0.5, 0.6) is 0 Å². The molecule has 1 unspecified atom stereocenters. The topological polar surface area (TPSA) is 47.7 Å². The highest BCUT2D eigenvalue weighted by Gasteiger charge is 2.05. The molecule has 5 nitrogen and oxygen atoms in total. The summed E-state index contributed by atoms with van der Waals surface area (Å²) >= 11 is 0. The van der Waals surface area contributed by atoms with Gasteiger partial charge in [0.05, 0.1) is 6.20 Å². The van der Waals surface area contributed by atoms with Crippen LogP contribution in [0.15, 0.2) is 24.7 Å². The lowest BCUT2D eigenvalue weighted by Crippen LogP contribution is -2.06. The molecular weight excluding hydrogens is 274 g/mol. The van der Waals surface area contributed by atoms with Crippen LogP contribution in [0.25, 0.3) is 0 Å². The zero-order valence-corrected chi connectivity index (χ0v) is 13.4. The van der Waals surface area contributed by atoms with Gasteiger partial charge in [0.2, 0.25) is 0 Å². The average molecular weight is 298 g/mol. The Kier molecular flexibility index (Phi) is 6.07. The van der Waals surface area contributed by atoms with E-state index in [4.69, 9.17) is 0 Å². The summed E-state index contributed by atoms with van der Waals surface area (Å²) in [7, 11) is 0. The predicted molar refractivity (Wildman–Crippen MR) is 84.4 cm³/mol. The number of rotatable bonds is 6. The van der Waals surface area contributed by atoms with E-state index in [9.17, 15) is 0 Å². The fourth-order valence-corrected chi connectivity index (χ4v) is 1.81. The van der Waals surface area contributed by atoms with Crippen LogP contribution >= 0.6 is 12.4 Å². The lowest BCUT2D eigenvalue weighted by Gasteiger charge is -2.08. The summed E-state index contributed by atoms with van der Waals surface area (Å²) in [4.78, 5) is 0. The van der Waals surface area contributed by atoms with Crippen LogP contribution in [-0.2, 0) is 6.54 Å². The minimum absolute atomic E-state index is 0. The highest BCUT2D eigenvalue weighted by molar-refractivity contribution is 5.85. The summed E-state index contributed by atoms with van der Waals surface area (Å²) < 4.78 is 3.97. The molecule has 0 amide bonds. The summed E-state index contributed by atoms with van der Waals surface area (Å²) in [6, 6.07) is 2.86. The summed E-state index contributed by atoms with van der Waals surface area (Å²) in [6.07, 6.45) is 7.08. The number of hydrogen-bond donors (Lipinski definition) is 1. The van der Waals surface area contributed by atoms with Crippen molar-refractivity contribution in [2.24, 2.45) is 0 Å². The summed E-state index contributed by atoms with van der Waals surface area (Å²) in [6.45, 7) is 9.34. The van der Waals surface area contributed by atoms with E-state index in [1.165, 1.54) is 5.56 Å². The second-order valence-corrected chi connectivity index (χ2v) is 5.21. The van der Waals surface area contributed by atoms with Gasteiger partial charge in [-0.3, -0.25) is 9.36 Å². The van der Waals surface area contributed by atoms with E-state index in [0.717, 1.165) is 18.8 Å². The largest absolute Gasteiger partial charge is 0.364 e. The van der Waals surface area contributed by atoms with Gasteiger partial charge in [-0.05, 0) is 27.2 Å². The van der Waals surface area contributed by atoms with Gasteiger partial charge in [-0.2, -0.15) is 10.2 Å². The molecule has 2 rings (SSSR count). The van der Waals surface area contributed by atoms with Crippen LogP contribution in [0.4, 0.5) is 5.82 Å². The molecule has 0 aliphatic heterocycles. The van der Waals surface area contributed by atoms with E-state index in [1.807, 2.05) is 27.8 Å². The maximum atomic E-state index is 4.52. The van der Waals surface area contributed by atoms with Gasteiger partial charge >= 0.3 is 0 Å². The molecule has 0 saturated heterocycles. The van der Waals surface area contributed by atoms with Crippen molar-refractivity contribution in [3.63, 3.8) is 0 Å². The number of aromatic nitrogens is 4. The van der Waals surface area contributed by atoms with Gasteiger partial charge in [-0.25, -0.2) is 0 Å². The Morgan fingerprint density at radius 1 is 1.25 bits per heavy atom. The van der Waals surface area contributed by atoms with Crippen molar-refractivity contribution in [3.8, 4) is 0 Å². The molecule has 0 radical (unpaired) electrons. The molecule has 1 atom stereocenters. The predicted octanol–water partition coefficient (Wildman–Crippen LogP) is 3.67. The van der Waals surface area contributed by atoms with Gasteiger partial charge < -0.3 is 5.32 Å². The van der Waals surface area contributed by atoms with E-state index in [0.29, 0.717) is 12.1 Å². The third-order valence-corrected chi connectivity index (χ3v) is 3.31. The Bertz CT molecular complexity index is 517. The molecule has 2 heterocycles. The SMILES string of the molecule is CCC(C)n1ccc(NCc2cnn(C(C)C)c2)n1.Cl. The molecule has 2 aromatic heterocycles. The molecule has 20 heavy (non-hydrogen) atoms. The van der Waals surface area contributed by atoms with Crippen molar-refractivity contribution in [1.82, 2.24) is 19.6 Å². The standard InChI is InChI=1S/C14H23N5.ClH/c1-5-12(4)18-7-6-14(17-18)15-8-13-9-16-19(10-13)11(2)3;/h6-7,9-12H,5,8H2,1-4H3,(H,15,17);1H. The summed E-state index contributed by atoms with van der Waals surface area (Å²) in [5.74, 6) is 0.914. The van der Waals surface area contributed by atoms with E-state index in [-0.39, 0.29) is 12.4 Å². The highest BCUT2D eigenvalue weighted by atomic mass is 35.5. The zero-order valence-electron chi connectivity index (χ0n) is 12.6. The molecule has 0 bridgehead atoms. The Balaban J connectivity index is 0.00000200. The highest BCUT2D eigenvalue weighted by Crippen LogP contribution is 2.13. The lowest BCUT2D eigenvalue weighted by molar-refractivity contribution is 0.479. The molecule has 6 heteroatoms. The Hall–Kier alpha value is -1.49. The Labute approximate surface area is 126 Å². The molecule has 1 N–H and O–H groups in total. The normalized spacial score (nSPS) is 12.2. The van der Waals surface area contributed by atoms with Gasteiger partial charge in [0, 0.05) is 42.7 Å². The molecule has 2 aromatic rings. The third-order valence-electron chi connectivity index (χ3n) is 3.31. The van der Waals surface area contributed by atoms with E-state index in [1.54, 1.807) is 0 Å². The van der Waals surface area contributed by atoms with Crippen molar-refractivity contribution in [1.29, 1.82) is 0 Å². The first kappa shape index (κ1) is 16.6. The van der Waals surface area contributed by atoms with Gasteiger partial charge in [-0.15, -0.1) is 12.4 Å². The van der Waals surface area contributed by atoms with Crippen molar-refractivity contribution in [2.45, 2.75) is 52.7 Å². The Morgan fingerprint density at radius 3 is 2.60 bits per heavy atom. The quantitative estimate of drug-likeness (QED) is 0.885. The second-order valence-electron chi connectivity index (χ2n) is 5.21. The molecule has 0 aliphatic carbocycles. The van der Waals surface area contributed by atoms with Crippen molar-refractivity contribution >= 4 is 18.2 Å². The number of hydrogen-bond acceptors (Lipinski definition) is 3. The van der Waals surface area contributed by atoms with Crippen LogP contribution in [-0.4, -0.2) is 19.6 Å². The van der Waals surface area contributed by atoms with Crippen molar-refractivity contribution in [3.05, 3.63) is 30.2 Å². The van der Waals surface area contributed by atoms with Crippen LogP contribution < -0.4 is 5.32 Å². The average Bonchev–Trinajstić information content (AvgIpc) is 3.04. The van der Waals surface area contributed by atoms with Crippen molar-refractivity contribution in [2.75, 3.05) is 5.32 Å². The molecule has 0 aromatic carbocycles. The fraction of sp³-hybridized carbons (Fsp3) is 0.571. The van der Waals surface area contributed by atoms with E-state index in [2.05, 4.69) is 49.4 Å². The van der Waals surface area contributed by atoms with Gasteiger partial charge in [-0.1, -0.05) is 6.92 Å². The number of nitrogens with one attached hydrogen (secondary N) is 1. The van der Waals surface area contributed by atoms with Crippen LogP contribution in [0.3, 0.4) is 0 Å². The fourth-order valence-electron chi connectivity index (χ4n) is 1.81. The van der Waals surface area contributed by atoms with Gasteiger partial charge in [0.25, 0.3) is 0 Å². The number of halogens is 1. The second kappa shape index (κ2) is 7.33. The van der Waals surface area contributed by atoms with E-state index < -0.39 is 0 Å². The lowest BCUT2D eigenvalue weighted by atomic mass is 10.3. The van der Waals surface area contributed by atoms with Crippen LogP contribution in [0.2, 0.25) is 0 Å². The minimum Gasteiger partial charge on any atom is -0.364 e. The summed E-state index contributed by atoms with van der Waals surface area (Å²) in [5, 5.41) is 12.2. The van der Waals surface area contributed by atoms with Gasteiger partial charge in [0.1, 0.15) is 5.82 Å². The zero-order chi connectivity index (χ0) is 13.8. The monoisotopic (exact) mass is 297 g/mol. The maximum Gasteiger partial charge on any atom is 0.148 e. The van der Waals surface area contributed by atoms with Crippen LogP contribution in [0, 0.1) is 0 Å². The first-order chi connectivity index (χ1) is 9.10. The molecule has 0 aliphatic rings. The van der Waals surface area contributed by atoms with Crippen molar-refractivity contribution < 1.29 is 0 Å². The first-order valence-electron chi connectivity index (χ1n) is 6.92.